The Bertz CT molecular complexity index is 599. The van der Waals surface area contributed by atoms with Gasteiger partial charge in [-0.2, -0.15) is 16.9 Å². The summed E-state index contributed by atoms with van der Waals surface area (Å²) in [5.74, 6) is 1.33. The van der Waals surface area contributed by atoms with Crippen LogP contribution in [0.2, 0.25) is 0 Å². The second-order valence-electron chi connectivity index (χ2n) is 5.15. The van der Waals surface area contributed by atoms with Crippen LogP contribution in [0.15, 0.2) is 42.7 Å². The molecule has 0 N–H and O–H groups in total. The van der Waals surface area contributed by atoms with E-state index in [0.717, 1.165) is 17.1 Å². The number of nitrogens with zero attached hydrogens (tertiary/aromatic N) is 2. The van der Waals surface area contributed by atoms with E-state index >= 15 is 0 Å². The molecular formula is C17H22N2O3S. The summed E-state index contributed by atoms with van der Waals surface area (Å²) < 4.78 is 12.7. The molecule has 1 heterocycles. The largest absolute Gasteiger partial charge is 0.497 e. The topological polar surface area (TPSA) is 53.4 Å². The van der Waals surface area contributed by atoms with Gasteiger partial charge in [0.15, 0.2) is 0 Å². The molecule has 6 heteroatoms. The minimum atomic E-state index is -0.393. The van der Waals surface area contributed by atoms with Crippen molar-refractivity contribution in [2.75, 3.05) is 19.1 Å². The highest BCUT2D eigenvalue weighted by Crippen LogP contribution is 2.31. The van der Waals surface area contributed by atoms with Crippen LogP contribution >= 0.6 is 11.8 Å². The van der Waals surface area contributed by atoms with Crippen molar-refractivity contribution in [2.45, 2.75) is 25.5 Å². The number of esters is 1. The molecule has 0 aliphatic heterocycles. The van der Waals surface area contributed by atoms with Gasteiger partial charge in [-0.15, -0.1) is 0 Å². The van der Waals surface area contributed by atoms with Gasteiger partial charge in [-0.25, -0.2) is 0 Å². The Morgan fingerprint density at radius 3 is 2.65 bits per heavy atom. The van der Waals surface area contributed by atoms with Crippen LogP contribution in [-0.2, 0) is 9.53 Å². The van der Waals surface area contributed by atoms with Crippen LogP contribution in [-0.4, -0.2) is 34.9 Å². The van der Waals surface area contributed by atoms with E-state index in [1.54, 1.807) is 29.8 Å². The Kier molecular flexibility index (Phi) is 6.52. The Hall–Kier alpha value is -1.95. The van der Waals surface area contributed by atoms with Crippen LogP contribution in [0.4, 0.5) is 0 Å². The van der Waals surface area contributed by atoms with Gasteiger partial charge in [-0.05, 0) is 36.9 Å². The average Bonchev–Trinajstić information content (AvgIpc) is 3.12. The summed E-state index contributed by atoms with van der Waals surface area (Å²) in [7, 11) is 1.63. The number of benzene rings is 1. The molecule has 0 saturated heterocycles. The Balaban J connectivity index is 2.20. The Labute approximate surface area is 141 Å². The van der Waals surface area contributed by atoms with Crippen LogP contribution in [0.3, 0.4) is 0 Å². The van der Waals surface area contributed by atoms with Crippen LogP contribution in [0.1, 0.15) is 31.1 Å². The third-order valence-electron chi connectivity index (χ3n) is 3.59. The summed E-state index contributed by atoms with van der Waals surface area (Å²) in [6.45, 7) is 1.99. The summed E-state index contributed by atoms with van der Waals surface area (Å²) in [5.41, 5.74) is 0.923. The van der Waals surface area contributed by atoms with Crippen molar-refractivity contribution >= 4 is 17.7 Å². The average molecular weight is 334 g/mol. The molecule has 0 amide bonds. The first kappa shape index (κ1) is 17.4. The molecule has 0 radical (unpaired) electrons. The number of aromatic nitrogens is 2. The first-order valence-corrected chi connectivity index (χ1v) is 8.86. The smallest absolute Gasteiger partial charge is 0.307 e. The molecule has 0 saturated carbocycles. The predicted molar refractivity (Wildman–Crippen MR) is 91.8 cm³/mol. The molecule has 5 nitrogen and oxygen atoms in total. The van der Waals surface area contributed by atoms with Crippen molar-refractivity contribution in [1.29, 1.82) is 0 Å². The molecule has 0 fully saturated rings. The summed E-state index contributed by atoms with van der Waals surface area (Å²) in [4.78, 5) is 12.1. The molecule has 2 rings (SSSR count). The van der Waals surface area contributed by atoms with Gasteiger partial charge in [0.25, 0.3) is 0 Å². The number of carbonyl (C=O) groups is 1. The van der Waals surface area contributed by atoms with E-state index in [1.807, 2.05) is 49.7 Å². The number of ether oxygens (including phenoxy) is 2. The molecule has 23 heavy (non-hydrogen) atoms. The second kappa shape index (κ2) is 8.62. The number of carbonyl (C=O) groups excluding carboxylic acids is 1. The summed E-state index contributed by atoms with van der Waals surface area (Å²) in [6.07, 6.45) is 5.57. The van der Waals surface area contributed by atoms with Gasteiger partial charge < -0.3 is 9.47 Å². The van der Waals surface area contributed by atoms with Gasteiger partial charge in [0.1, 0.15) is 11.9 Å². The third-order valence-corrected chi connectivity index (χ3v) is 4.21. The fourth-order valence-corrected chi connectivity index (χ4v) is 2.66. The monoisotopic (exact) mass is 334 g/mol. The Morgan fingerprint density at radius 2 is 2.09 bits per heavy atom. The van der Waals surface area contributed by atoms with Crippen molar-refractivity contribution < 1.29 is 14.3 Å². The molecular weight excluding hydrogens is 312 g/mol. The summed E-state index contributed by atoms with van der Waals surface area (Å²) >= 11 is 1.63. The van der Waals surface area contributed by atoms with Crippen molar-refractivity contribution in [2.24, 2.45) is 0 Å². The predicted octanol–water partition coefficient (Wildman–Crippen LogP) is 3.49. The molecule has 0 unspecified atom stereocenters. The standard InChI is InChI=1S/C17H22N2O3S/c1-13(19-11-4-10-18-19)17(22-16(20)9-12-23-3)14-5-7-15(21-2)8-6-14/h4-8,10-11,13,17H,9,12H2,1-3H3/t13-,17+/m0/s1. The van der Waals surface area contributed by atoms with E-state index in [4.69, 9.17) is 9.47 Å². The number of methoxy groups -OCH3 is 1. The van der Waals surface area contributed by atoms with Gasteiger partial charge >= 0.3 is 5.97 Å². The first-order chi connectivity index (χ1) is 11.2. The van der Waals surface area contributed by atoms with Gasteiger partial charge in [-0.1, -0.05) is 12.1 Å². The maximum atomic E-state index is 12.1. The van der Waals surface area contributed by atoms with E-state index in [-0.39, 0.29) is 12.0 Å². The highest BCUT2D eigenvalue weighted by molar-refractivity contribution is 7.98. The number of rotatable bonds is 8. The van der Waals surface area contributed by atoms with Gasteiger partial charge in [-0.3, -0.25) is 9.48 Å². The quantitative estimate of drug-likeness (QED) is 0.692. The van der Waals surface area contributed by atoms with E-state index in [1.165, 1.54) is 0 Å². The summed E-state index contributed by atoms with van der Waals surface area (Å²) in [5, 5.41) is 4.26. The number of thioether (sulfide) groups is 1. The van der Waals surface area contributed by atoms with Crippen LogP contribution in [0.5, 0.6) is 5.75 Å². The summed E-state index contributed by atoms with van der Waals surface area (Å²) in [6, 6.07) is 9.34. The van der Waals surface area contributed by atoms with Crippen molar-refractivity contribution in [3.63, 3.8) is 0 Å². The van der Waals surface area contributed by atoms with E-state index in [0.29, 0.717) is 6.42 Å². The molecule has 0 bridgehead atoms. The van der Waals surface area contributed by atoms with Crippen molar-refractivity contribution in [1.82, 2.24) is 9.78 Å². The third kappa shape index (κ3) is 4.76. The lowest BCUT2D eigenvalue weighted by atomic mass is 10.0. The highest BCUT2D eigenvalue weighted by atomic mass is 32.2. The van der Waals surface area contributed by atoms with Crippen LogP contribution < -0.4 is 4.74 Å². The zero-order valence-corrected chi connectivity index (χ0v) is 14.5. The fraction of sp³-hybridized carbons (Fsp3) is 0.412. The lowest BCUT2D eigenvalue weighted by molar-refractivity contribution is -0.151. The minimum Gasteiger partial charge on any atom is -0.497 e. The van der Waals surface area contributed by atoms with Crippen molar-refractivity contribution in [3.05, 3.63) is 48.3 Å². The van der Waals surface area contributed by atoms with Crippen LogP contribution in [0.25, 0.3) is 0 Å². The lowest BCUT2D eigenvalue weighted by Crippen LogP contribution is -2.21. The number of hydrogen-bond donors (Lipinski definition) is 0. The molecule has 1 aromatic carbocycles. The molecule has 124 valence electrons. The second-order valence-corrected chi connectivity index (χ2v) is 6.14. The number of hydrogen-bond acceptors (Lipinski definition) is 5. The SMILES string of the molecule is COc1ccc([C@H](OC(=O)CCSC)[C@H](C)n2cccn2)cc1. The molecule has 1 aromatic heterocycles. The molecule has 0 aliphatic rings. The van der Waals surface area contributed by atoms with Gasteiger partial charge in [0.2, 0.25) is 0 Å². The van der Waals surface area contributed by atoms with E-state index in [2.05, 4.69) is 5.10 Å². The lowest BCUT2D eigenvalue weighted by Gasteiger charge is -2.25. The maximum absolute atomic E-state index is 12.1. The molecule has 0 aliphatic carbocycles. The first-order valence-electron chi connectivity index (χ1n) is 7.47. The Morgan fingerprint density at radius 1 is 1.35 bits per heavy atom. The zero-order valence-electron chi connectivity index (χ0n) is 13.6. The van der Waals surface area contributed by atoms with Gasteiger partial charge in [0.05, 0.1) is 19.6 Å². The highest BCUT2D eigenvalue weighted by Gasteiger charge is 2.25. The van der Waals surface area contributed by atoms with Crippen molar-refractivity contribution in [3.8, 4) is 5.75 Å². The molecule has 2 atom stereocenters. The zero-order chi connectivity index (χ0) is 16.7. The minimum absolute atomic E-state index is 0.100. The van der Waals surface area contributed by atoms with E-state index < -0.39 is 6.10 Å². The molecule has 0 spiro atoms. The normalized spacial score (nSPS) is 13.3. The maximum Gasteiger partial charge on any atom is 0.307 e. The van der Waals surface area contributed by atoms with Crippen LogP contribution in [0, 0.1) is 0 Å². The van der Waals surface area contributed by atoms with Gasteiger partial charge in [0, 0.05) is 18.1 Å². The fourth-order valence-electron chi connectivity index (χ4n) is 2.28. The molecule has 2 aromatic rings. The van der Waals surface area contributed by atoms with E-state index in [9.17, 15) is 4.79 Å².